The lowest BCUT2D eigenvalue weighted by Crippen LogP contribution is -2.26. The van der Waals surface area contributed by atoms with Crippen LogP contribution in [0, 0.1) is 0 Å². The van der Waals surface area contributed by atoms with Crippen LogP contribution in [-0.2, 0) is 0 Å². The molecule has 3 nitrogen and oxygen atoms in total. The molecule has 1 aromatic heterocycles. The number of hydrogen-bond acceptors (Lipinski definition) is 3. The molecule has 0 bridgehead atoms. The van der Waals surface area contributed by atoms with E-state index in [9.17, 15) is 0 Å². The molecule has 14 heavy (non-hydrogen) atoms. The molecule has 0 aromatic carbocycles. The quantitative estimate of drug-likeness (QED) is 0.767. The van der Waals surface area contributed by atoms with E-state index in [4.69, 9.17) is 18.0 Å². The lowest BCUT2D eigenvalue weighted by atomic mass is 10.2. The minimum atomic E-state index is 0.337. The van der Waals surface area contributed by atoms with E-state index >= 15 is 0 Å². The molecular weight excluding hydrogens is 194 g/mol. The molecule has 0 saturated carbocycles. The van der Waals surface area contributed by atoms with Crippen LogP contribution in [0.1, 0.15) is 19.5 Å². The topological polar surface area (TPSA) is 42.2 Å². The standard InChI is InChI=1S/C10H15N3S/c1-7(2)13(3)8-4-5-12-9(6-8)10(11)14/h4-7H,1-3H3,(H2,11,14). The van der Waals surface area contributed by atoms with E-state index in [1.165, 1.54) is 0 Å². The monoisotopic (exact) mass is 209 g/mol. The summed E-state index contributed by atoms with van der Waals surface area (Å²) >= 11 is 4.87. The molecule has 0 aliphatic heterocycles. The number of rotatable bonds is 3. The Bertz CT molecular complexity index is 336. The molecule has 1 rings (SSSR count). The van der Waals surface area contributed by atoms with Crippen molar-refractivity contribution in [3.05, 3.63) is 24.0 Å². The Morgan fingerprint density at radius 1 is 1.57 bits per heavy atom. The Hall–Kier alpha value is -1.16. The number of nitrogens with zero attached hydrogens (tertiary/aromatic N) is 2. The van der Waals surface area contributed by atoms with Gasteiger partial charge >= 0.3 is 0 Å². The number of hydrogen-bond donors (Lipinski definition) is 1. The van der Waals surface area contributed by atoms with Crippen LogP contribution in [0.15, 0.2) is 18.3 Å². The summed E-state index contributed by atoms with van der Waals surface area (Å²) in [6.07, 6.45) is 1.72. The van der Waals surface area contributed by atoms with Crippen LogP contribution in [0.2, 0.25) is 0 Å². The van der Waals surface area contributed by atoms with Crippen molar-refractivity contribution < 1.29 is 0 Å². The molecule has 0 fully saturated rings. The normalized spacial score (nSPS) is 10.3. The molecule has 0 spiro atoms. The summed E-state index contributed by atoms with van der Waals surface area (Å²) in [5.41, 5.74) is 7.26. The Labute approximate surface area is 89.9 Å². The van der Waals surface area contributed by atoms with Crippen LogP contribution >= 0.6 is 12.2 Å². The number of anilines is 1. The van der Waals surface area contributed by atoms with Gasteiger partial charge in [-0.15, -0.1) is 0 Å². The molecule has 0 amide bonds. The Morgan fingerprint density at radius 2 is 2.21 bits per heavy atom. The molecule has 1 aromatic rings. The van der Waals surface area contributed by atoms with Gasteiger partial charge in [0.15, 0.2) is 0 Å². The van der Waals surface area contributed by atoms with Crippen LogP contribution in [0.3, 0.4) is 0 Å². The SMILES string of the molecule is CC(C)N(C)c1ccnc(C(N)=S)c1. The summed E-state index contributed by atoms with van der Waals surface area (Å²) < 4.78 is 0. The second-order valence-corrected chi connectivity index (χ2v) is 3.91. The zero-order valence-electron chi connectivity index (χ0n) is 8.69. The van der Waals surface area contributed by atoms with Crippen molar-refractivity contribution in [3.63, 3.8) is 0 Å². The molecule has 76 valence electrons. The molecule has 0 aliphatic carbocycles. The van der Waals surface area contributed by atoms with Crippen LogP contribution < -0.4 is 10.6 Å². The van der Waals surface area contributed by atoms with Crippen molar-refractivity contribution in [2.45, 2.75) is 19.9 Å². The summed E-state index contributed by atoms with van der Waals surface area (Å²) in [6.45, 7) is 4.25. The van der Waals surface area contributed by atoms with Gasteiger partial charge in [-0.05, 0) is 26.0 Å². The van der Waals surface area contributed by atoms with Crippen molar-refractivity contribution in [2.24, 2.45) is 5.73 Å². The van der Waals surface area contributed by atoms with Crippen molar-refractivity contribution in [3.8, 4) is 0 Å². The Balaban J connectivity index is 2.99. The lowest BCUT2D eigenvalue weighted by Gasteiger charge is -2.23. The summed E-state index contributed by atoms with van der Waals surface area (Å²) in [6, 6.07) is 4.29. The zero-order chi connectivity index (χ0) is 10.7. The van der Waals surface area contributed by atoms with E-state index < -0.39 is 0 Å². The largest absolute Gasteiger partial charge is 0.388 e. The van der Waals surface area contributed by atoms with E-state index in [0.29, 0.717) is 16.7 Å². The third kappa shape index (κ3) is 2.42. The zero-order valence-corrected chi connectivity index (χ0v) is 9.51. The molecule has 0 unspecified atom stereocenters. The highest BCUT2D eigenvalue weighted by Gasteiger charge is 2.06. The first-order valence-corrected chi connectivity index (χ1v) is 4.92. The third-order valence-corrected chi connectivity index (χ3v) is 2.39. The van der Waals surface area contributed by atoms with Gasteiger partial charge in [-0.25, -0.2) is 0 Å². The smallest absolute Gasteiger partial charge is 0.122 e. The van der Waals surface area contributed by atoms with Crippen LogP contribution in [0.25, 0.3) is 0 Å². The van der Waals surface area contributed by atoms with E-state index in [-0.39, 0.29) is 0 Å². The average Bonchev–Trinajstić information content (AvgIpc) is 2.16. The van der Waals surface area contributed by atoms with Gasteiger partial charge < -0.3 is 10.6 Å². The molecule has 0 atom stereocenters. The van der Waals surface area contributed by atoms with Gasteiger partial charge in [0.2, 0.25) is 0 Å². The molecular formula is C10H15N3S. The summed E-state index contributed by atoms with van der Waals surface area (Å²) in [5, 5.41) is 0. The first kappa shape index (κ1) is 10.9. The highest BCUT2D eigenvalue weighted by atomic mass is 32.1. The molecule has 0 saturated heterocycles. The van der Waals surface area contributed by atoms with Gasteiger partial charge in [-0.1, -0.05) is 12.2 Å². The first-order valence-electron chi connectivity index (χ1n) is 4.51. The van der Waals surface area contributed by atoms with Gasteiger partial charge in [-0.2, -0.15) is 0 Å². The minimum absolute atomic E-state index is 0.337. The van der Waals surface area contributed by atoms with Gasteiger partial charge in [0.05, 0.1) is 5.69 Å². The average molecular weight is 209 g/mol. The van der Waals surface area contributed by atoms with Gasteiger partial charge in [-0.3, -0.25) is 4.98 Å². The fourth-order valence-corrected chi connectivity index (χ4v) is 1.18. The van der Waals surface area contributed by atoms with Gasteiger partial charge in [0.1, 0.15) is 4.99 Å². The van der Waals surface area contributed by atoms with E-state index in [1.807, 2.05) is 19.2 Å². The predicted octanol–water partition coefficient (Wildman–Crippen LogP) is 1.56. The summed E-state index contributed by atoms with van der Waals surface area (Å²) in [4.78, 5) is 6.57. The molecule has 1 heterocycles. The van der Waals surface area contributed by atoms with Crippen LogP contribution in [0.5, 0.6) is 0 Å². The number of aromatic nitrogens is 1. The maximum Gasteiger partial charge on any atom is 0.122 e. The number of nitrogens with two attached hydrogens (primary N) is 1. The summed E-state index contributed by atoms with van der Waals surface area (Å²) in [5.74, 6) is 0. The third-order valence-electron chi connectivity index (χ3n) is 2.18. The Kier molecular flexibility index (Phi) is 3.41. The van der Waals surface area contributed by atoms with E-state index in [1.54, 1.807) is 6.20 Å². The first-order chi connectivity index (χ1) is 6.52. The number of thiocarbonyl (C=S) groups is 1. The van der Waals surface area contributed by atoms with E-state index in [2.05, 4.69) is 23.7 Å². The maximum absolute atomic E-state index is 5.51. The summed E-state index contributed by atoms with van der Waals surface area (Å²) in [7, 11) is 2.03. The minimum Gasteiger partial charge on any atom is -0.388 e. The molecule has 0 aliphatic rings. The second-order valence-electron chi connectivity index (χ2n) is 3.47. The van der Waals surface area contributed by atoms with E-state index in [0.717, 1.165) is 5.69 Å². The van der Waals surface area contributed by atoms with Gasteiger partial charge in [0.25, 0.3) is 0 Å². The molecule has 2 N–H and O–H groups in total. The maximum atomic E-state index is 5.51. The second kappa shape index (κ2) is 4.37. The Morgan fingerprint density at radius 3 is 2.71 bits per heavy atom. The van der Waals surface area contributed by atoms with Crippen molar-refractivity contribution in [1.82, 2.24) is 4.98 Å². The fraction of sp³-hybridized carbons (Fsp3) is 0.400. The van der Waals surface area contributed by atoms with Gasteiger partial charge in [0, 0.05) is 25.0 Å². The van der Waals surface area contributed by atoms with Crippen molar-refractivity contribution >= 4 is 22.9 Å². The molecule has 0 radical (unpaired) electrons. The fourth-order valence-electron chi connectivity index (χ4n) is 1.07. The number of pyridine rings is 1. The van der Waals surface area contributed by atoms with Crippen molar-refractivity contribution in [2.75, 3.05) is 11.9 Å². The van der Waals surface area contributed by atoms with Crippen molar-refractivity contribution in [1.29, 1.82) is 0 Å². The predicted molar refractivity (Wildman–Crippen MR) is 63.7 cm³/mol. The van der Waals surface area contributed by atoms with Crippen LogP contribution in [-0.4, -0.2) is 23.1 Å². The highest BCUT2D eigenvalue weighted by molar-refractivity contribution is 7.80. The molecule has 4 heteroatoms. The lowest BCUT2D eigenvalue weighted by molar-refractivity contribution is 0.754. The van der Waals surface area contributed by atoms with Crippen LogP contribution in [0.4, 0.5) is 5.69 Å². The highest BCUT2D eigenvalue weighted by Crippen LogP contribution is 2.15.